The number of aromatic nitrogens is 1. The second kappa shape index (κ2) is 13.7. The number of carbonyl (C=O) groups is 1. The van der Waals surface area contributed by atoms with E-state index in [0.29, 0.717) is 34.7 Å². The molecule has 7 heteroatoms. The molecule has 0 unspecified atom stereocenters. The molecule has 6 nitrogen and oxygen atoms in total. The first-order chi connectivity index (χ1) is 21.9. The van der Waals surface area contributed by atoms with Crippen LogP contribution in [0.2, 0.25) is 0 Å². The lowest BCUT2D eigenvalue weighted by Crippen LogP contribution is -2.34. The molecule has 4 aromatic carbocycles. The van der Waals surface area contributed by atoms with Crippen LogP contribution >= 0.6 is 0 Å². The SMILES string of the molecule is CC(C)Cc1ccc([N+](C)(c2ccc(CC(C)C)cc2)c2cccc(S(=O)(=O)n3cc(CCCC(=O)O)c4ccccc43)c2)cc1. The highest BCUT2D eigenvalue weighted by Crippen LogP contribution is 2.43. The maximum atomic E-state index is 14.4. The molecule has 240 valence electrons. The molecule has 0 aliphatic heterocycles. The summed E-state index contributed by atoms with van der Waals surface area (Å²) >= 11 is 0. The van der Waals surface area contributed by atoms with Crippen molar-refractivity contribution in [2.45, 2.75) is 64.7 Å². The Morgan fingerprint density at radius 1 is 0.761 bits per heavy atom. The van der Waals surface area contributed by atoms with Crippen molar-refractivity contribution >= 4 is 44.0 Å². The van der Waals surface area contributed by atoms with Gasteiger partial charge < -0.3 is 5.11 Å². The van der Waals surface area contributed by atoms with Gasteiger partial charge >= 0.3 is 5.97 Å². The highest BCUT2D eigenvalue weighted by molar-refractivity contribution is 7.90. The first-order valence-corrected chi connectivity index (χ1v) is 17.6. The summed E-state index contributed by atoms with van der Waals surface area (Å²) in [6.45, 7) is 8.86. The fourth-order valence-electron chi connectivity index (χ4n) is 6.33. The molecule has 0 radical (unpaired) electrons. The molecule has 0 fully saturated rings. The Morgan fingerprint density at radius 2 is 1.33 bits per heavy atom. The van der Waals surface area contributed by atoms with E-state index in [9.17, 15) is 13.2 Å². The highest BCUT2D eigenvalue weighted by atomic mass is 32.2. The number of carboxylic acid groups (broad SMARTS) is 1. The number of carboxylic acids is 1. The van der Waals surface area contributed by atoms with E-state index >= 15 is 0 Å². The number of aryl methyl sites for hydroxylation is 1. The second-order valence-corrected chi connectivity index (χ2v) is 15.1. The zero-order valence-corrected chi connectivity index (χ0v) is 28.3. The predicted molar refractivity (Wildman–Crippen MR) is 189 cm³/mol. The molecule has 5 rings (SSSR count). The fourth-order valence-corrected chi connectivity index (χ4v) is 7.76. The molecule has 0 amide bonds. The van der Waals surface area contributed by atoms with Gasteiger partial charge in [-0.05, 0) is 66.3 Å². The molecule has 0 bridgehead atoms. The molecule has 1 aromatic heterocycles. The molecule has 1 heterocycles. The molecule has 46 heavy (non-hydrogen) atoms. The molecule has 0 aliphatic carbocycles. The number of hydrogen-bond acceptors (Lipinski definition) is 3. The Labute approximate surface area is 273 Å². The molecular formula is C39H45N2O4S+. The van der Waals surface area contributed by atoms with Gasteiger partial charge in [-0.15, -0.1) is 0 Å². The maximum absolute atomic E-state index is 14.4. The topological polar surface area (TPSA) is 76.4 Å². The molecule has 5 aromatic rings. The van der Waals surface area contributed by atoms with Crippen LogP contribution in [-0.4, -0.2) is 30.5 Å². The van der Waals surface area contributed by atoms with Crippen LogP contribution in [0.4, 0.5) is 17.1 Å². The van der Waals surface area contributed by atoms with Crippen molar-refractivity contribution in [3.63, 3.8) is 0 Å². The third-order valence-electron chi connectivity index (χ3n) is 8.68. The van der Waals surface area contributed by atoms with Crippen molar-refractivity contribution in [1.29, 1.82) is 0 Å². The summed E-state index contributed by atoms with van der Waals surface area (Å²) in [5.74, 6) is 0.229. The van der Waals surface area contributed by atoms with Gasteiger partial charge in [-0.2, -0.15) is 0 Å². The Morgan fingerprint density at radius 3 is 1.87 bits per heavy atom. The van der Waals surface area contributed by atoms with E-state index in [1.54, 1.807) is 24.4 Å². The number of quaternary nitrogens is 1. The smallest absolute Gasteiger partial charge is 0.303 e. The monoisotopic (exact) mass is 637 g/mol. The number of aliphatic carboxylic acids is 1. The summed E-state index contributed by atoms with van der Waals surface area (Å²) in [5.41, 5.74) is 6.83. The van der Waals surface area contributed by atoms with E-state index in [4.69, 9.17) is 5.11 Å². The van der Waals surface area contributed by atoms with Gasteiger partial charge in [0.15, 0.2) is 0 Å². The second-order valence-electron chi connectivity index (χ2n) is 13.3. The molecule has 0 spiro atoms. The van der Waals surface area contributed by atoms with Crippen LogP contribution in [0.15, 0.2) is 108 Å². The third-order valence-corrected chi connectivity index (χ3v) is 10.4. The Hall–Kier alpha value is -4.20. The number of para-hydroxylation sites is 1. The van der Waals surface area contributed by atoms with Crippen LogP contribution in [0.1, 0.15) is 57.2 Å². The number of hydrogen-bond donors (Lipinski definition) is 1. The van der Waals surface area contributed by atoms with Crippen LogP contribution in [0.3, 0.4) is 0 Å². The van der Waals surface area contributed by atoms with Crippen molar-refractivity contribution in [3.8, 4) is 0 Å². The quantitative estimate of drug-likeness (QED) is 0.131. The van der Waals surface area contributed by atoms with Gasteiger partial charge in [0.1, 0.15) is 17.1 Å². The molecule has 0 atom stereocenters. The summed E-state index contributed by atoms with van der Waals surface area (Å²) in [4.78, 5) is 11.3. The van der Waals surface area contributed by atoms with E-state index in [2.05, 4.69) is 83.3 Å². The average Bonchev–Trinajstić information content (AvgIpc) is 3.40. The first-order valence-electron chi connectivity index (χ1n) is 16.1. The molecule has 1 N–H and O–H groups in total. The summed E-state index contributed by atoms with van der Waals surface area (Å²) in [5, 5.41) is 9.95. The van der Waals surface area contributed by atoms with E-state index in [1.165, 1.54) is 15.1 Å². The van der Waals surface area contributed by atoms with Gasteiger partial charge in [0, 0.05) is 54.4 Å². The summed E-state index contributed by atoms with van der Waals surface area (Å²) in [6, 6.07) is 32.0. The van der Waals surface area contributed by atoms with Crippen molar-refractivity contribution in [2.24, 2.45) is 11.8 Å². The largest absolute Gasteiger partial charge is 0.481 e. The van der Waals surface area contributed by atoms with E-state index in [-0.39, 0.29) is 11.3 Å². The van der Waals surface area contributed by atoms with Crippen LogP contribution in [-0.2, 0) is 34.1 Å². The van der Waals surface area contributed by atoms with Crippen LogP contribution < -0.4 is 4.48 Å². The first kappa shape index (κ1) is 33.2. The Kier molecular flexibility index (Phi) is 9.85. The van der Waals surface area contributed by atoms with Gasteiger partial charge in [0.25, 0.3) is 10.0 Å². The summed E-state index contributed by atoms with van der Waals surface area (Å²) in [6.07, 6.45) is 4.57. The number of rotatable bonds is 13. The maximum Gasteiger partial charge on any atom is 0.303 e. The third kappa shape index (κ3) is 6.96. The van der Waals surface area contributed by atoms with Crippen LogP contribution in [0.5, 0.6) is 0 Å². The minimum Gasteiger partial charge on any atom is -0.481 e. The minimum atomic E-state index is -3.98. The van der Waals surface area contributed by atoms with Gasteiger partial charge in [-0.25, -0.2) is 16.9 Å². The molecule has 0 saturated heterocycles. The number of nitrogens with zero attached hydrogens (tertiary/aromatic N) is 2. The standard InChI is InChI=1S/C39H44N2O4S/c1-28(2)24-30-16-20-33(21-17-30)41(5,34-22-18-31(19-23-34)25-29(3)4)35-11-9-12-36(26-35)46(44,45)40-27-32(10-8-15-39(42)43)37-13-6-7-14-38(37)40/h6-7,9,11-14,16-23,26-29H,8,10,15,24-25H2,1-5H3/p+1. The number of benzene rings is 4. The van der Waals surface area contributed by atoms with Crippen molar-refractivity contribution in [2.75, 3.05) is 7.05 Å². The molecule has 0 saturated carbocycles. The van der Waals surface area contributed by atoms with Gasteiger partial charge in [-0.1, -0.05) is 76.2 Å². The van der Waals surface area contributed by atoms with Crippen molar-refractivity contribution in [1.82, 2.24) is 8.46 Å². The predicted octanol–water partition coefficient (Wildman–Crippen LogP) is 9.28. The molecular weight excluding hydrogens is 593 g/mol. The van der Waals surface area contributed by atoms with Crippen molar-refractivity contribution in [3.05, 3.63) is 120 Å². The van der Waals surface area contributed by atoms with Crippen molar-refractivity contribution < 1.29 is 18.3 Å². The van der Waals surface area contributed by atoms with Crippen LogP contribution in [0, 0.1) is 11.8 Å². The normalized spacial score (nSPS) is 12.3. The van der Waals surface area contributed by atoms with E-state index in [0.717, 1.165) is 40.9 Å². The fraction of sp³-hybridized carbons (Fsp3) is 0.308. The minimum absolute atomic E-state index is 0.0295. The van der Waals surface area contributed by atoms with Gasteiger partial charge in [-0.3, -0.25) is 4.79 Å². The van der Waals surface area contributed by atoms with Crippen LogP contribution in [0.25, 0.3) is 10.9 Å². The van der Waals surface area contributed by atoms with Gasteiger partial charge in [0.05, 0.1) is 17.5 Å². The Balaban J connectivity index is 1.61. The van der Waals surface area contributed by atoms with E-state index in [1.807, 2.05) is 30.3 Å². The zero-order valence-electron chi connectivity index (χ0n) is 27.5. The summed E-state index contributed by atoms with van der Waals surface area (Å²) in [7, 11) is -1.87. The average molecular weight is 638 g/mol. The highest BCUT2D eigenvalue weighted by Gasteiger charge is 2.33. The lowest BCUT2D eigenvalue weighted by molar-refractivity contribution is -0.137. The van der Waals surface area contributed by atoms with E-state index < -0.39 is 16.0 Å². The molecule has 0 aliphatic rings. The lowest BCUT2D eigenvalue weighted by atomic mass is 10.0. The lowest BCUT2D eigenvalue weighted by Gasteiger charge is -2.34. The van der Waals surface area contributed by atoms with Gasteiger partial charge in [0.2, 0.25) is 0 Å². The Bertz CT molecular complexity index is 1870. The number of fused-ring (bicyclic) bond motifs is 1. The summed E-state index contributed by atoms with van der Waals surface area (Å²) < 4.78 is 30.3. The zero-order chi connectivity index (χ0) is 33.1.